The second-order valence-electron chi connectivity index (χ2n) is 6.29. The van der Waals surface area contributed by atoms with Gasteiger partial charge >= 0.3 is 0 Å². The molecule has 6 nitrogen and oxygen atoms in total. The molecule has 0 atom stereocenters. The molecule has 0 unspecified atom stereocenters. The molecule has 3 rings (SSSR count). The molecule has 1 amide bonds. The van der Waals surface area contributed by atoms with Crippen LogP contribution >= 0.6 is 0 Å². The molecule has 0 fully saturated rings. The first-order valence-electron chi connectivity index (χ1n) is 8.85. The lowest BCUT2D eigenvalue weighted by atomic mass is 10.2. The van der Waals surface area contributed by atoms with Gasteiger partial charge in [-0.1, -0.05) is 30.3 Å². The van der Waals surface area contributed by atoms with E-state index in [1.807, 2.05) is 37.4 Å². The van der Waals surface area contributed by atoms with Crippen molar-refractivity contribution < 1.29 is 14.3 Å². The Bertz CT molecular complexity index is 995. The molecule has 144 valence electrons. The molecule has 0 saturated carbocycles. The van der Waals surface area contributed by atoms with Crippen LogP contribution in [0.25, 0.3) is 0 Å². The van der Waals surface area contributed by atoms with Crippen molar-refractivity contribution in [2.24, 2.45) is 7.05 Å². The van der Waals surface area contributed by atoms with Gasteiger partial charge in [0.15, 0.2) is 5.75 Å². The van der Waals surface area contributed by atoms with Crippen molar-refractivity contribution >= 4 is 5.91 Å². The molecule has 0 aliphatic rings. The van der Waals surface area contributed by atoms with Crippen molar-refractivity contribution in [3.8, 4) is 11.5 Å². The van der Waals surface area contributed by atoms with Crippen LogP contribution in [-0.4, -0.2) is 17.6 Å². The number of methoxy groups -OCH3 is 1. The summed E-state index contributed by atoms with van der Waals surface area (Å²) in [6.45, 7) is 0.555. The van der Waals surface area contributed by atoms with Gasteiger partial charge in [0.25, 0.3) is 5.91 Å². The molecule has 0 bridgehead atoms. The molecule has 0 aliphatic heterocycles. The van der Waals surface area contributed by atoms with Gasteiger partial charge < -0.3 is 19.4 Å². The van der Waals surface area contributed by atoms with Crippen LogP contribution in [0, 0.1) is 0 Å². The Hall–Kier alpha value is -3.54. The van der Waals surface area contributed by atoms with E-state index in [2.05, 4.69) is 5.32 Å². The summed E-state index contributed by atoms with van der Waals surface area (Å²) < 4.78 is 12.5. The van der Waals surface area contributed by atoms with Crippen LogP contribution in [0.3, 0.4) is 0 Å². The largest absolute Gasteiger partial charge is 0.497 e. The van der Waals surface area contributed by atoms with Crippen molar-refractivity contribution in [3.05, 3.63) is 93.9 Å². The predicted octanol–water partition coefficient (Wildman–Crippen LogP) is 2.90. The number of amides is 1. The highest BCUT2D eigenvalue weighted by atomic mass is 16.5. The first-order chi connectivity index (χ1) is 13.6. The number of rotatable bonds is 7. The van der Waals surface area contributed by atoms with E-state index in [-0.39, 0.29) is 23.6 Å². The van der Waals surface area contributed by atoms with Crippen LogP contribution in [0.15, 0.2) is 71.7 Å². The van der Waals surface area contributed by atoms with E-state index < -0.39 is 0 Å². The molecule has 0 radical (unpaired) electrons. The minimum Gasteiger partial charge on any atom is -0.497 e. The van der Waals surface area contributed by atoms with Gasteiger partial charge in [-0.25, -0.2) is 0 Å². The number of nitrogens with zero attached hydrogens (tertiary/aromatic N) is 1. The number of aryl methyl sites for hydroxylation is 1. The van der Waals surface area contributed by atoms with Gasteiger partial charge in [0.05, 0.1) is 19.9 Å². The minimum atomic E-state index is -0.223. The fraction of sp³-hybridized carbons (Fsp3) is 0.182. The molecule has 1 heterocycles. The van der Waals surface area contributed by atoms with Crippen molar-refractivity contribution in [3.63, 3.8) is 0 Å². The van der Waals surface area contributed by atoms with Crippen molar-refractivity contribution in [1.82, 2.24) is 9.88 Å². The smallest absolute Gasteiger partial charge is 0.251 e. The van der Waals surface area contributed by atoms with Crippen molar-refractivity contribution in [1.29, 1.82) is 0 Å². The van der Waals surface area contributed by atoms with Gasteiger partial charge in [0.2, 0.25) is 5.43 Å². The number of hydrogen-bond donors (Lipinski definition) is 1. The van der Waals surface area contributed by atoms with E-state index in [4.69, 9.17) is 9.47 Å². The Labute approximate surface area is 163 Å². The van der Waals surface area contributed by atoms with E-state index >= 15 is 0 Å². The van der Waals surface area contributed by atoms with Crippen LogP contribution in [0.4, 0.5) is 0 Å². The fourth-order valence-electron chi connectivity index (χ4n) is 2.68. The zero-order valence-electron chi connectivity index (χ0n) is 15.8. The summed E-state index contributed by atoms with van der Waals surface area (Å²) in [6.07, 6.45) is 1.64. The van der Waals surface area contributed by atoms with Gasteiger partial charge in [-0.05, 0) is 29.8 Å². The third kappa shape index (κ3) is 4.79. The quantitative estimate of drug-likeness (QED) is 0.686. The summed E-state index contributed by atoms with van der Waals surface area (Å²) >= 11 is 0. The maximum atomic E-state index is 12.3. The van der Waals surface area contributed by atoms with Crippen molar-refractivity contribution in [2.45, 2.75) is 13.2 Å². The van der Waals surface area contributed by atoms with Gasteiger partial charge in [-0.3, -0.25) is 9.59 Å². The lowest BCUT2D eigenvalue weighted by molar-refractivity contribution is 0.0950. The predicted molar refractivity (Wildman–Crippen MR) is 107 cm³/mol. The number of carbonyl (C=O) groups excluding carboxylic acids is 1. The van der Waals surface area contributed by atoms with Crippen LogP contribution in [0.5, 0.6) is 11.5 Å². The third-order valence-corrected chi connectivity index (χ3v) is 4.32. The number of benzene rings is 2. The third-order valence-electron chi connectivity index (χ3n) is 4.32. The van der Waals surface area contributed by atoms with Crippen LogP contribution in [-0.2, 0) is 20.2 Å². The number of aromatic nitrogens is 1. The molecule has 0 spiro atoms. The summed E-state index contributed by atoms with van der Waals surface area (Å²) in [7, 11) is 3.38. The Morgan fingerprint density at radius 2 is 1.79 bits per heavy atom. The topological polar surface area (TPSA) is 69.6 Å². The molecule has 0 aliphatic carbocycles. The highest BCUT2D eigenvalue weighted by Crippen LogP contribution is 2.12. The highest BCUT2D eigenvalue weighted by molar-refractivity contribution is 5.94. The molecule has 1 N–H and O–H groups in total. The maximum Gasteiger partial charge on any atom is 0.251 e. The Kier molecular flexibility index (Phi) is 6.11. The van der Waals surface area contributed by atoms with E-state index in [0.717, 1.165) is 5.56 Å². The SMILES string of the molecule is COc1ccc(C(=O)NCc2cc(=O)c(OCc3ccccc3)cn2C)cc1. The zero-order valence-corrected chi connectivity index (χ0v) is 15.8. The molecule has 6 heteroatoms. The summed E-state index contributed by atoms with van der Waals surface area (Å²) in [5.74, 6) is 0.737. The first-order valence-corrected chi connectivity index (χ1v) is 8.85. The number of hydrogen-bond acceptors (Lipinski definition) is 4. The normalized spacial score (nSPS) is 10.4. The van der Waals surface area contributed by atoms with Gasteiger partial charge in [-0.2, -0.15) is 0 Å². The second-order valence-corrected chi connectivity index (χ2v) is 6.29. The highest BCUT2D eigenvalue weighted by Gasteiger charge is 2.09. The number of nitrogens with one attached hydrogen (secondary N) is 1. The van der Waals surface area contributed by atoms with Gasteiger partial charge in [0.1, 0.15) is 12.4 Å². The second kappa shape index (κ2) is 8.90. The number of pyridine rings is 1. The average molecular weight is 378 g/mol. The fourth-order valence-corrected chi connectivity index (χ4v) is 2.68. The molecule has 3 aromatic rings. The summed E-state index contributed by atoms with van der Waals surface area (Å²) in [5, 5.41) is 2.82. The standard InChI is InChI=1S/C22H22N2O4/c1-24-14-21(28-15-16-6-4-3-5-7-16)20(25)12-18(24)13-23-22(26)17-8-10-19(27-2)11-9-17/h3-12,14H,13,15H2,1-2H3,(H,23,26). The first kappa shape index (κ1) is 19.2. The Morgan fingerprint density at radius 1 is 1.07 bits per heavy atom. The summed E-state index contributed by atoms with van der Waals surface area (Å²) in [4.78, 5) is 24.6. The van der Waals surface area contributed by atoms with Gasteiger partial charge in [-0.15, -0.1) is 0 Å². The number of carbonyl (C=O) groups is 1. The Balaban J connectivity index is 1.63. The van der Waals surface area contributed by atoms with E-state index in [1.165, 1.54) is 6.07 Å². The minimum absolute atomic E-state index is 0.220. The molecule has 1 aromatic heterocycles. The van der Waals surface area contributed by atoms with Crippen LogP contribution < -0.4 is 20.2 Å². The van der Waals surface area contributed by atoms with E-state index in [9.17, 15) is 9.59 Å². The van der Waals surface area contributed by atoms with Crippen LogP contribution in [0.2, 0.25) is 0 Å². The van der Waals surface area contributed by atoms with Crippen LogP contribution in [0.1, 0.15) is 21.6 Å². The molecular weight excluding hydrogens is 356 g/mol. The van der Waals surface area contributed by atoms with E-state index in [0.29, 0.717) is 23.6 Å². The monoisotopic (exact) mass is 378 g/mol. The lowest BCUT2D eigenvalue weighted by Gasteiger charge is -2.13. The molecule has 2 aromatic carbocycles. The zero-order chi connectivity index (χ0) is 19.9. The van der Waals surface area contributed by atoms with Gasteiger partial charge in [0, 0.05) is 24.4 Å². The Morgan fingerprint density at radius 3 is 2.46 bits per heavy atom. The summed E-state index contributed by atoms with van der Waals surface area (Å²) in [6, 6.07) is 18.0. The number of ether oxygens (including phenoxy) is 2. The molecule has 0 saturated heterocycles. The van der Waals surface area contributed by atoms with E-state index in [1.54, 1.807) is 42.1 Å². The maximum absolute atomic E-state index is 12.3. The average Bonchev–Trinajstić information content (AvgIpc) is 2.73. The lowest BCUT2D eigenvalue weighted by Crippen LogP contribution is -2.25. The molecular formula is C22H22N2O4. The summed E-state index contributed by atoms with van der Waals surface area (Å²) in [5.41, 5.74) is 1.97. The van der Waals surface area contributed by atoms with Crippen molar-refractivity contribution in [2.75, 3.05) is 7.11 Å². The molecule has 28 heavy (non-hydrogen) atoms.